The Morgan fingerprint density at radius 3 is 2.80 bits per heavy atom. The number of nitrogens with one attached hydrogen (secondary N) is 3. The van der Waals surface area contributed by atoms with E-state index in [1.54, 1.807) is 26.2 Å². The fourth-order valence-electron chi connectivity index (χ4n) is 4.09. The first-order valence-corrected chi connectivity index (χ1v) is 12.9. The molecule has 0 radical (unpaired) electrons. The average Bonchev–Trinajstić information content (AvgIpc) is 3.64. The number of halogens is 1. The van der Waals surface area contributed by atoms with Crippen molar-refractivity contribution < 1.29 is 23.5 Å². The number of hydrogen-bond acceptors (Lipinski definition) is 7. The fourth-order valence-corrected chi connectivity index (χ4v) is 4.09. The van der Waals surface area contributed by atoms with E-state index in [0.29, 0.717) is 23.7 Å². The second kappa shape index (κ2) is 12.5. The highest BCUT2D eigenvalue weighted by atomic mass is 19.1. The zero-order valence-corrected chi connectivity index (χ0v) is 22.6. The Morgan fingerprint density at radius 2 is 2.10 bits per heavy atom. The summed E-state index contributed by atoms with van der Waals surface area (Å²) in [4.78, 5) is 62.8. The number of aromatic amines is 1. The number of fused-ring (bicyclic) bond motifs is 1. The molecule has 1 saturated carbocycles. The lowest BCUT2D eigenvalue weighted by molar-refractivity contribution is -0.123. The minimum absolute atomic E-state index is 0.00801. The van der Waals surface area contributed by atoms with Crippen LogP contribution >= 0.6 is 0 Å². The summed E-state index contributed by atoms with van der Waals surface area (Å²) in [5.41, 5.74) is 0.923. The monoisotopic (exact) mass is 553 g/mol. The van der Waals surface area contributed by atoms with Gasteiger partial charge in [-0.05, 0) is 56.2 Å². The van der Waals surface area contributed by atoms with Crippen LogP contribution in [-0.2, 0) is 27.3 Å². The number of rotatable bonds is 11. The number of aromatic nitrogens is 4. The van der Waals surface area contributed by atoms with Gasteiger partial charge in [-0.15, -0.1) is 0 Å². The molecular formula is C27H32FN7O5. The van der Waals surface area contributed by atoms with Gasteiger partial charge in [0.15, 0.2) is 5.82 Å². The first-order valence-electron chi connectivity index (χ1n) is 12.9. The Kier molecular flexibility index (Phi) is 8.92. The van der Waals surface area contributed by atoms with E-state index < -0.39 is 29.4 Å². The summed E-state index contributed by atoms with van der Waals surface area (Å²) in [5, 5.41) is 5.01. The highest BCUT2D eigenvalue weighted by Crippen LogP contribution is 2.33. The third-order valence-electron chi connectivity index (χ3n) is 6.50. The van der Waals surface area contributed by atoms with E-state index in [1.807, 2.05) is 0 Å². The van der Waals surface area contributed by atoms with Crippen LogP contribution in [0.25, 0.3) is 11.0 Å². The maximum Gasteiger partial charge on any atom is 0.407 e. The molecule has 3 amide bonds. The fraction of sp³-hybridized carbons (Fsp3) is 0.407. The van der Waals surface area contributed by atoms with Gasteiger partial charge in [0, 0.05) is 20.3 Å². The third-order valence-corrected chi connectivity index (χ3v) is 6.50. The number of carbonyl (C=O) groups excluding carboxylic acids is 3. The predicted molar refractivity (Wildman–Crippen MR) is 145 cm³/mol. The normalized spacial score (nSPS) is 13.8. The molecule has 3 heterocycles. The molecule has 0 aliphatic heterocycles. The number of hydrogen-bond donors (Lipinski definition) is 3. The lowest BCUT2D eigenvalue weighted by atomic mass is 10.1. The molecule has 3 aromatic rings. The molecule has 1 atom stereocenters. The highest BCUT2D eigenvalue weighted by Gasteiger charge is 2.25. The summed E-state index contributed by atoms with van der Waals surface area (Å²) in [7, 11) is 4.40. The minimum Gasteiger partial charge on any atom is -0.453 e. The number of allylic oxidation sites excluding steroid dienone is 1. The molecule has 40 heavy (non-hydrogen) atoms. The molecule has 1 aliphatic carbocycles. The third kappa shape index (κ3) is 7.10. The summed E-state index contributed by atoms with van der Waals surface area (Å²) in [6, 6.07) is 1.99. The number of anilines is 1. The Balaban J connectivity index is 1.48. The van der Waals surface area contributed by atoms with Crippen molar-refractivity contribution in [2.45, 2.75) is 44.7 Å². The lowest BCUT2D eigenvalue weighted by Gasteiger charge is -2.17. The number of likely N-dealkylation sites (N-methyl/N-ethyl adjacent to an activating group) is 1. The Hall–Kier alpha value is -4.55. The van der Waals surface area contributed by atoms with Crippen molar-refractivity contribution in [1.82, 2.24) is 29.7 Å². The van der Waals surface area contributed by atoms with Crippen LogP contribution in [-0.4, -0.2) is 69.6 Å². The van der Waals surface area contributed by atoms with Gasteiger partial charge in [-0.2, -0.15) is 0 Å². The molecule has 3 N–H and O–H groups in total. The van der Waals surface area contributed by atoms with Gasteiger partial charge in [0.2, 0.25) is 11.8 Å². The van der Waals surface area contributed by atoms with E-state index in [-0.39, 0.29) is 30.1 Å². The molecule has 4 rings (SSSR count). The van der Waals surface area contributed by atoms with E-state index in [0.717, 1.165) is 25.0 Å². The Bertz CT molecular complexity index is 1490. The van der Waals surface area contributed by atoms with E-state index in [4.69, 9.17) is 0 Å². The molecule has 0 unspecified atom stereocenters. The van der Waals surface area contributed by atoms with Crippen molar-refractivity contribution in [3.05, 3.63) is 64.4 Å². The lowest BCUT2D eigenvalue weighted by Crippen LogP contribution is -2.44. The maximum atomic E-state index is 14.4. The zero-order chi connectivity index (χ0) is 28.8. The number of alkyl carbamates (subject to hydrolysis) is 1. The zero-order valence-electron chi connectivity index (χ0n) is 22.6. The van der Waals surface area contributed by atoms with Crippen molar-refractivity contribution in [2.24, 2.45) is 5.92 Å². The molecule has 0 bridgehead atoms. The number of methoxy groups -OCH3 is 1. The quantitative estimate of drug-likeness (QED) is 0.308. The molecule has 1 fully saturated rings. The molecule has 0 spiro atoms. The van der Waals surface area contributed by atoms with Crippen molar-refractivity contribution >= 4 is 34.6 Å². The first kappa shape index (κ1) is 28.5. The number of imidazole rings is 1. The summed E-state index contributed by atoms with van der Waals surface area (Å²) in [5.74, 6) is -0.474. The van der Waals surface area contributed by atoms with Crippen LogP contribution in [0.4, 0.5) is 14.9 Å². The van der Waals surface area contributed by atoms with Gasteiger partial charge in [-0.1, -0.05) is 6.08 Å². The van der Waals surface area contributed by atoms with E-state index in [2.05, 4.69) is 30.3 Å². The van der Waals surface area contributed by atoms with Gasteiger partial charge in [-0.25, -0.2) is 14.2 Å². The van der Waals surface area contributed by atoms with Crippen molar-refractivity contribution in [2.75, 3.05) is 26.5 Å². The summed E-state index contributed by atoms with van der Waals surface area (Å²) in [6.07, 6.45) is 8.30. The molecule has 212 valence electrons. The number of pyridine rings is 2. The molecule has 0 aromatic carbocycles. The van der Waals surface area contributed by atoms with E-state index >= 15 is 0 Å². The standard InChI is InChI=1S/C27H32FN7O5/c1-34(2)22(36)9-5-4-7-18(31-27(39)40-3)25(37)30-19-8-6-12-35(26(19)38)15-21-32-23-17(28)14-29-20(24(23)33-21)13-16-10-11-16/h5-6,8-9,12,14,16,18H,4,7,10-11,13,15H2,1-3H3,(H,30,37)(H,31,39)(H,32,33)/b9-5+/t18-/m0/s1. The molecule has 13 heteroatoms. The van der Waals surface area contributed by atoms with Gasteiger partial charge in [0.25, 0.3) is 5.56 Å². The van der Waals surface area contributed by atoms with E-state index in [9.17, 15) is 23.6 Å². The number of nitrogens with zero attached hydrogens (tertiary/aromatic N) is 4. The van der Waals surface area contributed by atoms with Gasteiger partial charge < -0.3 is 29.8 Å². The van der Waals surface area contributed by atoms with Crippen LogP contribution < -0.4 is 16.2 Å². The van der Waals surface area contributed by atoms with Crippen LogP contribution in [0.5, 0.6) is 0 Å². The summed E-state index contributed by atoms with van der Waals surface area (Å²) < 4.78 is 20.4. The SMILES string of the molecule is COC(=O)N[C@@H](CC/C=C/C(=O)N(C)C)C(=O)Nc1cccn(Cc2nc3c(F)cnc(CC4CC4)c3[nH]2)c1=O. The van der Waals surface area contributed by atoms with Gasteiger partial charge >= 0.3 is 6.09 Å². The number of carbonyl (C=O) groups is 3. The second-order valence-corrected chi connectivity index (χ2v) is 9.85. The maximum absolute atomic E-state index is 14.4. The molecule has 3 aromatic heterocycles. The van der Waals surface area contributed by atoms with Gasteiger partial charge in [0.1, 0.15) is 23.1 Å². The second-order valence-electron chi connectivity index (χ2n) is 9.85. The Labute approximate surface area is 229 Å². The highest BCUT2D eigenvalue weighted by molar-refractivity contribution is 5.96. The molecule has 12 nitrogen and oxygen atoms in total. The molecular weight excluding hydrogens is 521 g/mol. The predicted octanol–water partition coefficient (Wildman–Crippen LogP) is 2.35. The smallest absolute Gasteiger partial charge is 0.407 e. The number of H-pyrrole nitrogens is 1. The molecule has 1 aliphatic rings. The summed E-state index contributed by atoms with van der Waals surface area (Å²) >= 11 is 0. The number of amides is 3. The van der Waals surface area contributed by atoms with Crippen LogP contribution in [0.1, 0.15) is 37.2 Å². The van der Waals surface area contributed by atoms with Crippen LogP contribution in [0.2, 0.25) is 0 Å². The van der Waals surface area contributed by atoms with Crippen molar-refractivity contribution in [3.8, 4) is 0 Å². The number of ether oxygens (including phenoxy) is 1. The van der Waals surface area contributed by atoms with Gasteiger partial charge in [0.05, 0.1) is 31.1 Å². The largest absolute Gasteiger partial charge is 0.453 e. The molecule has 0 saturated heterocycles. The van der Waals surface area contributed by atoms with Gasteiger partial charge in [-0.3, -0.25) is 19.4 Å². The van der Waals surface area contributed by atoms with Crippen LogP contribution in [0, 0.1) is 11.7 Å². The van der Waals surface area contributed by atoms with E-state index in [1.165, 1.54) is 41.1 Å². The first-order chi connectivity index (χ1) is 19.2. The topological polar surface area (TPSA) is 151 Å². The van der Waals surface area contributed by atoms with Crippen LogP contribution in [0.3, 0.4) is 0 Å². The van der Waals surface area contributed by atoms with Crippen molar-refractivity contribution in [3.63, 3.8) is 0 Å². The minimum atomic E-state index is -1.03. The summed E-state index contributed by atoms with van der Waals surface area (Å²) in [6.45, 7) is 0.00801. The average molecular weight is 554 g/mol. The van der Waals surface area contributed by atoms with Crippen molar-refractivity contribution in [1.29, 1.82) is 0 Å². The Morgan fingerprint density at radius 1 is 1.32 bits per heavy atom. The van der Waals surface area contributed by atoms with Crippen LogP contribution in [0.15, 0.2) is 41.5 Å².